The van der Waals surface area contributed by atoms with Crippen LogP contribution in [0.5, 0.6) is 0 Å². The average Bonchev–Trinajstić information content (AvgIpc) is 2.30. The summed E-state index contributed by atoms with van der Waals surface area (Å²) in [5.74, 6) is 0.756. The second-order valence-electron chi connectivity index (χ2n) is 4.58. The van der Waals surface area contributed by atoms with Gasteiger partial charge in [0.05, 0.1) is 13.2 Å². The highest BCUT2D eigenvalue weighted by atomic mass is 35.5. The van der Waals surface area contributed by atoms with Crippen molar-refractivity contribution in [3.63, 3.8) is 0 Å². The van der Waals surface area contributed by atoms with E-state index in [9.17, 15) is 0 Å². The second-order valence-corrected chi connectivity index (χ2v) is 4.98. The molecule has 0 saturated heterocycles. The van der Waals surface area contributed by atoms with Gasteiger partial charge in [-0.25, -0.2) is 0 Å². The van der Waals surface area contributed by atoms with E-state index in [2.05, 4.69) is 19.2 Å². The summed E-state index contributed by atoms with van der Waals surface area (Å²) in [6, 6.07) is 7.79. The molecule has 1 rings (SSSR count). The minimum absolute atomic E-state index is 0.589. The molecule has 17 heavy (non-hydrogen) atoms. The van der Waals surface area contributed by atoms with Gasteiger partial charge >= 0.3 is 0 Å². The summed E-state index contributed by atoms with van der Waals surface area (Å²) in [6.07, 6.45) is 1.21. The van der Waals surface area contributed by atoms with Crippen molar-refractivity contribution < 1.29 is 4.74 Å². The largest absolute Gasteiger partial charge is 0.375 e. The number of halogens is 1. The molecule has 0 atom stereocenters. The maximum absolute atomic E-state index is 6.03. The van der Waals surface area contributed by atoms with Crippen molar-refractivity contribution in [1.82, 2.24) is 5.32 Å². The molecule has 1 N–H and O–H groups in total. The van der Waals surface area contributed by atoms with Crippen LogP contribution in [0.25, 0.3) is 0 Å². The standard InChI is InChI=1S/C14H22ClNO/c1-12(2)7-8-16-9-10-17-11-13-5-3-4-6-14(13)15/h3-6,12,16H,7-11H2,1-2H3. The average molecular weight is 256 g/mol. The molecule has 0 radical (unpaired) electrons. The van der Waals surface area contributed by atoms with Gasteiger partial charge in [0.15, 0.2) is 0 Å². The van der Waals surface area contributed by atoms with Crippen molar-refractivity contribution >= 4 is 11.6 Å². The molecule has 0 amide bonds. The summed E-state index contributed by atoms with van der Waals surface area (Å²) in [5.41, 5.74) is 1.05. The Kier molecular flexibility index (Phi) is 7.25. The minimum atomic E-state index is 0.589. The fraction of sp³-hybridized carbons (Fsp3) is 0.571. The number of rotatable bonds is 8. The van der Waals surface area contributed by atoms with Crippen LogP contribution in [0.3, 0.4) is 0 Å². The zero-order valence-corrected chi connectivity index (χ0v) is 11.5. The molecule has 0 spiro atoms. The SMILES string of the molecule is CC(C)CCNCCOCc1ccccc1Cl. The van der Waals surface area contributed by atoms with Gasteiger partial charge in [0.25, 0.3) is 0 Å². The fourth-order valence-corrected chi connectivity index (χ4v) is 1.65. The van der Waals surface area contributed by atoms with Crippen LogP contribution in [-0.4, -0.2) is 19.7 Å². The lowest BCUT2D eigenvalue weighted by Gasteiger charge is -2.08. The molecule has 0 aromatic heterocycles. The van der Waals surface area contributed by atoms with Crippen molar-refractivity contribution in [3.05, 3.63) is 34.9 Å². The quantitative estimate of drug-likeness (QED) is 0.718. The summed E-state index contributed by atoms with van der Waals surface area (Å²) >= 11 is 6.03. The molecule has 0 aliphatic rings. The van der Waals surface area contributed by atoms with E-state index in [0.717, 1.165) is 36.2 Å². The van der Waals surface area contributed by atoms with Gasteiger partial charge in [-0.15, -0.1) is 0 Å². The van der Waals surface area contributed by atoms with Gasteiger partial charge in [-0.05, 0) is 30.5 Å². The Bertz CT molecular complexity index is 315. The van der Waals surface area contributed by atoms with Gasteiger partial charge in [-0.1, -0.05) is 43.6 Å². The van der Waals surface area contributed by atoms with E-state index >= 15 is 0 Å². The zero-order valence-electron chi connectivity index (χ0n) is 10.7. The lowest BCUT2D eigenvalue weighted by molar-refractivity contribution is 0.122. The lowest BCUT2D eigenvalue weighted by Crippen LogP contribution is -2.21. The van der Waals surface area contributed by atoms with Crippen LogP contribution >= 0.6 is 11.6 Å². The Morgan fingerprint density at radius 1 is 1.24 bits per heavy atom. The molecule has 0 aliphatic heterocycles. The van der Waals surface area contributed by atoms with Gasteiger partial charge in [-0.3, -0.25) is 0 Å². The van der Waals surface area contributed by atoms with Crippen LogP contribution in [-0.2, 0) is 11.3 Å². The molecule has 0 unspecified atom stereocenters. The van der Waals surface area contributed by atoms with Crippen LogP contribution in [0.4, 0.5) is 0 Å². The number of hydrogen-bond acceptors (Lipinski definition) is 2. The van der Waals surface area contributed by atoms with Gasteiger partial charge in [0, 0.05) is 11.6 Å². The highest BCUT2D eigenvalue weighted by molar-refractivity contribution is 6.31. The Morgan fingerprint density at radius 2 is 2.00 bits per heavy atom. The third kappa shape index (κ3) is 6.67. The lowest BCUT2D eigenvalue weighted by atomic mass is 10.1. The third-order valence-electron chi connectivity index (χ3n) is 2.54. The first-order chi connectivity index (χ1) is 8.20. The molecule has 3 heteroatoms. The molecule has 1 aromatic carbocycles. The molecule has 0 bridgehead atoms. The van der Waals surface area contributed by atoms with E-state index in [1.807, 2.05) is 24.3 Å². The number of nitrogens with one attached hydrogen (secondary N) is 1. The van der Waals surface area contributed by atoms with Crippen molar-refractivity contribution in [2.45, 2.75) is 26.9 Å². The van der Waals surface area contributed by atoms with E-state index in [4.69, 9.17) is 16.3 Å². The van der Waals surface area contributed by atoms with E-state index in [0.29, 0.717) is 6.61 Å². The van der Waals surface area contributed by atoms with E-state index in [1.54, 1.807) is 0 Å². The Balaban J connectivity index is 2.03. The molecule has 96 valence electrons. The normalized spacial score (nSPS) is 11.1. The van der Waals surface area contributed by atoms with Crippen molar-refractivity contribution in [2.75, 3.05) is 19.7 Å². The molecule has 0 aliphatic carbocycles. The van der Waals surface area contributed by atoms with Gasteiger partial charge < -0.3 is 10.1 Å². The number of ether oxygens (including phenoxy) is 1. The Morgan fingerprint density at radius 3 is 2.71 bits per heavy atom. The summed E-state index contributed by atoms with van der Waals surface area (Å²) in [4.78, 5) is 0. The van der Waals surface area contributed by atoms with Gasteiger partial charge in [-0.2, -0.15) is 0 Å². The number of benzene rings is 1. The maximum atomic E-state index is 6.03. The Labute approximate surface area is 109 Å². The summed E-state index contributed by atoms with van der Waals surface area (Å²) in [5, 5.41) is 4.14. The monoisotopic (exact) mass is 255 g/mol. The van der Waals surface area contributed by atoms with Crippen molar-refractivity contribution in [1.29, 1.82) is 0 Å². The van der Waals surface area contributed by atoms with Gasteiger partial charge in [0.1, 0.15) is 0 Å². The zero-order chi connectivity index (χ0) is 12.5. The fourth-order valence-electron chi connectivity index (χ4n) is 1.46. The molecular formula is C14H22ClNO. The first-order valence-electron chi connectivity index (χ1n) is 6.22. The van der Waals surface area contributed by atoms with Crippen LogP contribution in [0.1, 0.15) is 25.8 Å². The molecule has 0 heterocycles. The van der Waals surface area contributed by atoms with Crippen LogP contribution < -0.4 is 5.32 Å². The highest BCUT2D eigenvalue weighted by Crippen LogP contribution is 2.15. The van der Waals surface area contributed by atoms with Crippen molar-refractivity contribution in [3.8, 4) is 0 Å². The predicted molar refractivity (Wildman–Crippen MR) is 73.4 cm³/mol. The second kappa shape index (κ2) is 8.51. The molecule has 2 nitrogen and oxygen atoms in total. The predicted octanol–water partition coefficient (Wildman–Crippen LogP) is 3.49. The topological polar surface area (TPSA) is 21.3 Å². The first-order valence-corrected chi connectivity index (χ1v) is 6.60. The van der Waals surface area contributed by atoms with Crippen molar-refractivity contribution in [2.24, 2.45) is 5.92 Å². The molecular weight excluding hydrogens is 234 g/mol. The minimum Gasteiger partial charge on any atom is -0.375 e. The van der Waals surface area contributed by atoms with Crippen LogP contribution in [0.15, 0.2) is 24.3 Å². The van der Waals surface area contributed by atoms with E-state index < -0.39 is 0 Å². The van der Waals surface area contributed by atoms with Crippen LogP contribution in [0.2, 0.25) is 5.02 Å². The smallest absolute Gasteiger partial charge is 0.0731 e. The summed E-state index contributed by atoms with van der Waals surface area (Å²) in [6.45, 7) is 7.74. The van der Waals surface area contributed by atoms with Gasteiger partial charge in [0.2, 0.25) is 0 Å². The first kappa shape index (κ1) is 14.5. The summed E-state index contributed by atoms with van der Waals surface area (Å²) < 4.78 is 5.56. The third-order valence-corrected chi connectivity index (χ3v) is 2.91. The molecule has 1 aromatic rings. The maximum Gasteiger partial charge on any atom is 0.0731 e. The molecule has 0 saturated carbocycles. The summed E-state index contributed by atoms with van der Waals surface area (Å²) in [7, 11) is 0. The Hall–Kier alpha value is -0.570. The van der Waals surface area contributed by atoms with Crippen LogP contribution in [0, 0.1) is 5.92 Å². The number of hydrogen-bond donors (Lipinski definition) is 1. The van der Waals surface area contributed by atoms with E-state index in [-0.39, 0.29) is 0 Å². The molecule has 0 fully saturated rings. The van der Waals surface area contributed by atoms with E-state index in [1.165, 1.54) is 6.42 Å². The highest BCUT2D eigenvalue weighted by Gasteiger charge is 1.98.